The molecule has 8 heteroatoms. The van der Waals surface area contributed by atoms with Gasteiger partial charge in [-0.2, -0.15) is 18.2 Å². The molecular formula is C13H19F3N4O. The molecule has 118 valence electrons. The van der Waals surface area contributed by atoms with Gasteiger partial charge < -0.3 is 15.7 Å². The summed E-state index contributed by atoms with van der Waals surface area (Å²) >= 11 is 0. The number of hydrogen-bond acceptors (Lipinski definition) is 5. The Bertz CT molecular complexity index is 483. The number of nitrogens with one attached hydrogen (secondary N) is 2. The van der Waals surface area contributed by atoms with Crippen LogP contribution in [0, 0.1) is 0 Å². The Kier molecular flexibility index (Phi) is 4.55. The first-order valence-electron chi connectivity index (χ1n) is 6.98. The molecule has 0 radical (unpaired) electrons. The van der Waals surface area contributed by atoms with E-state index in [-0.39, 0.29) is 18.4 Å². The molecule has 1 fully saturated rings. The van der Waals surface area contributed by atoms with E-state index in [1.807, 2.05) is 6.92 Å². The third-order valence-corrected chi connectivity index (χ3v) is 3.56. The lowest BCUT2D eigenvalue weighted by molar-refractivity contribution is -0.141. The number of aliphatic hydroxyl groups excluding tert-OH is 1. The van der Waals surface area contributed by atoms with Crippen LogP contribution in [0.3, 0.4) is 0 Å². The molecule has 0 atom stereocenters. The number of rotatable bonds is 6. The third kappa shape index (κ3) is 3.75. The Morgan fingerprint density at radius 3 is 2.52 bits per heavy atom. The van der Waals surface area contributed by atoms with E-state index in [1.165, 1.54) is 0 Å². The lowest BCUT2D eigenvalue weighted by Crippen LogP contribution is -2.48. The molecule has 0 spiro atoms. The minimum atomic E-state index is -4.53. The van der Waals surface area contributed by atoms with Crippen LogP contribution in [-0.4, -0.2) is 33.8 Å². The molecule has 1 aromatic heterocycles. The van der Waals surface area contributed by atoms with Crippen LogP contribution < -0.4 is 10.6 Å². The molecule has 1 heterocycles. The van der Waals surface area contributed by atoms with E-state index in [1.54, 1.807) is 0 Å². The van der Waals surface area contributed by atoms with E-state index in [0.717, 1.165) is 18.9 Å². The second-order valence-corrected chi connectivity index (χ2v) is 5.30. The van der Waals surface area contributed by atoms with Crippen molar-refractivity contribution in [1.82, 2.24) is 9.97 Å². The van der Waals surface area contributed by atoms with Gasteiger partial charge in [-0.3, -0.25) is 0 Å². The van der Waals surface area contributed by atoms with Gasteiger partial charge in [0.1, 0.15) is 5.82 Å². The summed E-state index contributed by atoms with van der Waals surface area (Å²) in [4.78, 5) is 7.55. The van der Waals surface area contributed by atoms with Gasteiger partial charge in [-0.1, -0.05) is 6.92 Å². The van der Waals surface area contributed by atoms with Gasteiger partial charge >= 0.3 is 6.18 Å². The van der Waals surface area contributed by atoms with Crippen molar-refractivity contribution in [2.45, 2.75) is 44.3 Å². The van der Waals surface area contributed by atoms with Gasteiger partial charge in [0.05, 0.1) is 12.1 Å². The second kappa shape index (κ2) is 6.05. The molecule has 21 heavy (non-hydrogen) atoms. The number of aliphatic hydroxyl groups is 1. The van der Waals surface area contributed by atoms with Crippen LogP contribution in [0.15, 0.2) is 6.07 Å². The summed E-state index contributed by atoms with van der Waals surface area (Å²) in [5.41, 5.74) is -1.55. The molecule has 1 aromatic rings. The highest BCUT2D eigenvalue weighted by atomic mass is 19.4. The molecule has 1 aliphatic rings. The average Bonchev–Trinajstić information content (AvgIpc) is 2.39. The number of hydrogen-bond donors (Lipinski definition) is 3. The van der Waals surface area contributed by atoms with Crippen molar-refractivity contribution >= 4 is 11.8 Å². The summed E-state index contributed by atoms with van der Waals surface area (Å²) < 4.78 is 38.7. The molecule has 3 N–H and O–H groups in total. The fourth-order valence-corrected chi connectivity index (χ4v) is 2.17. The fraction of sp³-hybridized carbons (Fsp3) is 0.692. The number of aromatic nitrogens is 2. The maximum absolute atomic E-state index is 12.9. The quantitative estimate of drug-likeness (QED) is 0.754. The molecule has 0 bridgehead atoms. The summed E-state index contributed by atoms with van der Waals surface area (Å²) in [6, 6.07) is 0.882. The topological polar surface area (TPSA) is 70.1 Å². The van der Waals surface area contributed by atoms with E-state index < -0.39 is 17.4 Å². The first kappa shape index (κ1) is 15.8. The Labute approximate surface area is 121 Å². The standard InChI is InChI=1S/C13H19F3N4O/c1-2-6-17-11-18-9(13(14,15)16)7-10(19-11)20-12(8-21)4-3-5-12/h7,21H,2-6,8H2,1H3,(H2,17,18,19,20). The Morgan fingerprint density at radius 1 is 1.33 bits per heavy atom. The lowest BCUT2D eigenvalue weighted by atomic mass is 9.77. The van der Waals surface area contributed by atoms with Gasteiger partial charge in [0.2, 0.25) is 5.95 Å². The molecule has 0 aromatic carbocycles. The summed E-state index contributed by atoms with van der Waals surface area (Å²) in [6.07, 6.45) is -1.41. The predicted octanol–water partition coefficient (Wildman–Crippen LogP) is 2.64. The number of anilines is 2. The van der Waals surface area contributed by atoms with Crippen molar-refractivity contribution in [3.05, 3.63) is 11.8 Å². The predicted molar refractivity (Wildman–Crippen MR) is 73.1 cm³/mol. The zero-order valence-corrected chi connectivity index (χ0v) is 11.8. The van der Waals surface area contributed by atoms with Gasteiger partial charge in [-0.25, -0.2) is 4.98 Å². The van der Waals surface area contributed by atoms with E-state index in [4.69, 9.17) is 0 Å². The first-order chi connectivity index (χ1) is 9.88. The molecule has 0 saturated heterocycles. The smallest absolute Gasteiger partial charge is 0.394 e. The Hall–Kier alpha value is -1.57. The SMILES string of the molecule is CCCNc1nc(NC2(CO)CCC2)cc(C(F)(F)F)n1. The minimum absolute atomic E-state index is 0.0541. The Morgan fingerprint density at radius 2 is 2.05 bits per heavy atom. The highest BCUT2D eigenvalue weighted by Gasteiger charge is 2.38. The largest absolute Gasteiger partial charge is 0.433 e. The molecule has 0 aliphatic heterocycles. The highest BCUT2D eigenvalue weighted by Crippen LogP contribution is 2.36. The van der Waals surface area contributed by atoms with Gasteiger partial charge in [-0.15, -0.1) is 0 Å². The van der Waals surface area contributed by atoms with Crippen molar-refractivity contribution < 1.29 is 18.3 Å². The van der Waals surface area contributed by atoms with Crippen LogP contribution in [-0.2, 0) is 6.18 Å². The van der Waals surface area contributed by atoms with Crippen molar-refractivity contribution in [3.63, 3.8) is 0 Å². The van der Waals surface area contributed by atoms with Gasteiger partial charge in [0.25, 0.3) is 0 Å². The van der Waals surface area contributed by atoms with E-state index >= 15 is 0 Å². The van der Waals surface area contributed by atoms with Gasteiger partial charge in [0.15, 0.2) is 5.69 Å². The monoisotopic (exact) mass is 304 g/mol. The van der Waals surface area contributed by atoms with Crippen molar-refractivity contribution in [2.75, 3.05) is 23.8 Å². The van der Waals surface area contributed by atoms with Crippen LogP contribution in [0.1, 0.15) is 38.3 Å². The van der Waals surface area contributed by atoms with Crippen molar-refractivity contribution in [2.24, 2.45) is 0 Å². The molecule has 5 nitrogen and oxygen atoms in total. The van der Waals surface area contributed by atoms with Crippen molar-refractivity contribution in [1.29, 1.82) is 0 Å². The zero-order chi connectivity index (χ0) is 15.5. The summed E-state index contributed by atoms with van der Waals surface area (Å²) in [7, 11) is 0. The summed E-state index contributed by atoms with van der Waals surface area (Å²) in [5.74, 6) is 0.0336. The Balaban J connectivity index is 2.26. The molecule has 1 saturated carbocycles. The molecule has 2 rings (SSSR count). The maximum Gasteiger partial charge on any atom is 0.433 e. The van der Waals surface area contributed by atoms with Crippen LogP contribution in [0.2, 0.25) is 0 Å². The van der Waals surface area contributed by atoms with Gasteiger partial charge in [0, 0.05) is 12.6 Å². The molecule has 1 aliphatic carbocycles. The van der Waals surface area contributed by atoms with Gasteiger partial charge in [-0.05, 0) is 25.7 Å². The lowest BCUT2D eigenvalue weighted by Gasteiger charge is -2.41. The molecule has 0 amide bonds. The fourth-order valence-electron chi connectivity index (χ4n) is 2.17. The second-order valence-electron chi connectivity index (χ2n) is 5.30. The van der Waals surface area contributed by atoms with Crippen LogP contribution >= 0.6 is 0 Å². The molecular weight excluding hydrogens is 285 g/mol. The number of halogens is 3. The van der Waals surface area contributed by atoms with E-state index in [2.05, 4.69) is 20.6 Å². The van der Waals surface area contributed by atoms with Crippen LogP contribution in [0.5, 0.6) is 0 Å². The highest BCUT2D eigenvalue weighted by molar-refractivity contribution is 5.45. The number of alkyl halides is 3. The average molecular weight is 304 g/mol. The van der Waals surface area contributed by atoms with E-state index in [9.17, 15) is 18.3 Å². The summed E-state index contributed by atoms with van der Waals surface area (Å²) in [5, 5.41) is 15.1. The first-order valence-corrected chi connectivity index (χ1v) is 6.98. The van der Waals surface area contributed by atoms with Crippen LogP contribution in [0.25, 0.3) is 0 Å². The minimum Gasteiger partial charge on any atom is -0.394 e. The van der Waals surface area contributed by atoms with Crippen molar-refractivity contribution in [3.8, 4) is 0 Å². The maximum atomic E-state index is 12.9. The van der Waals surface area contributed by atoms with E-state index in [0.29, 0.717) is 19.4 Å². The molecule has 0 unspecified atom stereocenters. The van der Waals surface area contributed by atoms with Crippen LogP contribution in [0.4, 0.5) is 24.9 Å². The zero-order valence-electron chi connectivity index (χ0n) is 11.8. The third-order valence-electron chi connectivity index (χ3n) is 3.56. The number of nitrogens with zero attached hydrogens (tertiary/aromatic N) is 2. The summed E-state index contributed by atoms with van der Waals surface area (Å²) in [6.45, 7) is 2.26. The normalized spacial score (nSPS) is 17.2.